The van der Waals surface area contributed by atoms with Gasteiger partial charge in [-0.3, -0.25) is 4.79 Å². The molecule has 0 N–H and O–H groups in total. The smallest absolute Gasteiger partial charge is 0.203 e. The number of hydrogen-bond donors (Lipinski definition) is 0. The molecule has 0 aromatic heterocycles. The molecule has 3 heterocycles. The maximum absolute atomic E-state index is 12.2. The maximum atomic E-state index is 12.2. The minimum absolute atomic E-state index is 0.122. The molecule has 25 heavy (non-hydrogen) atoms. The van der Waals surface area contributed by atoms with Crippen LogP contribution in [0.1, 0.15) is 43.4 Å². The number of benzene rings is 1. The molecule has 1 unspecified atom stereocenters. The molecule has 2 saturated heterocycles. The van der Waals surface area contributed by atoms with Crippen molar-refractivity contribution in [2.24, 2.45) is 5.92 Å². The molecule has 0 aliphatic carbocycles. The summed E-state index contributed by atoms with van der Waals surface area (Å²) >= 11 is 0. The molecule has 0 saturated carbocycles. The molecule has 0 radical (unpaired) electrons. The summed E-state index contributed by atoms with van der Waals surface area (Å²) < 4.78 is 29.4. The van der Waals surface area contributed by atoms with Crippen LogP contribution in [-0.4, -0.2) is 39.8 Å². The second kappa shape index (κ2) is 5.88. The molecule has 0 amide bonds. The standard InChI is InChI=1S/C19H24O6/c1-10-12-8-15(21-2)17(22-3)18(23-4)16(12)19-6-5-13(20)14(25-19)7-11(19)9-24-10/h8,10-11,14H,5-7,9H2,1-4H3/t10-,11?,14+,19+/m1/s1. The third kappa shape index (κ3) is 2.20. The molecule has 136 valence electrons. The molecule has 3 aliphatic heterocycles. The van der Waals surface area contributed by atoms with Crippen LogP contribution in [0.3, 0.4) is 0 Å². The fourth-order valence-corrected chi connectivity index (χ4v) is 4.65. The fraction of sp³-hybridized carbons (Fsp3) is 0.632. The summed E-state index contributed by atoms with van der Waals surface area (Å²) in [7, 11) is 4.83. The maximum Gasteiger partial charge on any atom is 0.203 e. The van der Waals surface area contributed by atoms with Gasteiger partial charge in [0, 0.05) is 17.9 Å². The Balaban J connectivity index is 2.00. The highest BCUT2D eigenvalue weighted by molar-refractivity contribution is 5.85. The summed E-state index contributed by atoms with van der Waals surface area (Å²) in [4.78, 5) is 12.2. The van der Waals surface area contributed by atoms with Crippen molar-refractivity contribution < 1.29 is 28.5 Å². The Kier molecular flexibility index (Phi) is 3.92. The lowest BCUT2D eigenvalue weighted by Gasteiger charge is -2.38. The van der Waals surface area contributed by atoms with E-state index >= 15 is 0 Å². The van der Waals surface area contributed by atoms with E-state index in [-0.39, 0.29) is 23.9 Å². The largest absolute Gasteiger partial charge is 0.493 e. The van der Waals surface area contributed by atoms with Gasteiger partial charge in [-0.15, -0.1) is 0 Å². The van der Waals surface area contributed by atoms with E-state index in [0.29, 0.717) is 43.1 Å². The molecule has 4 rings (SSSR count). The van der Waals surface area contributed by atoms with Gasteiger partial charge in [-0.05, 0) is 31.4 Å². The Labute approximate surface area is 147 Å². The molecule has 6 heteroatoms. The highest BCUT2D eigenvalue weighted by Gasteiger charge is 2.58. The van der Waals surface area contributed by atoms with Crippen LogP contribution in [0.4, 0.5) is 0 Å². The van der Waals surface area contributed by atoms with Gasteiger partial charge in [0.1, 0.15) is 11.7 Å². The number of fused-ring (bicyclic) bond motifs is 2. The van der Waals surface area contributed by atoms with E-state index in [1.54, 1.807) is 21.3 Å². The third-order valence-corrected chi connectivity index (χ3v) is 5.88. The van der Waals surface area contributed by atoms with Crippen LogP contribution in [-0.2, 0) is 19.9 Å². The normalized spacial score (nSPS) is 33.3. The first-order chi connectivity index (χ1) is 12.1. The van der Waals surface area contributed by atoms with Gasteiger partial charge in [0.2, 0.25) is 5.75 Å². The molecule has 1 aromatic carbocycles. The second-order valence-electron chi connectivity index (χ2n) is 6.98. The number of methoxy groups -OCH3 is 3. The van der Waals surface area contributed by atoms with Gasteiger partial charge in [-0.25, -0.2) is 0 Å². The van der Waals surface area contributed by atoms with Gasteiger partial charge in [0.15, 0.2) is 17.3 Å². The number of carbonyl (C=O) groups is 1. The topological polar surface area (TPSA) is 63.2 Å². The predicted octanol–water partition coefficient (Wildman–Crippen LogP) is 2.77. The summed E-state index contributed by atoms with van der Waals surface area (Å²) in [6.45, 7) is 2.58. The van der Waals surface area contributed by atoms with Crippen LogP contribution in [0.15, 0.2) is 6.07 Å². The zero-order valence-electron chi connectivity index (χ0n) is 15.1. The van der Waals surface area contributed by atoms with Gasteiger partial charge < -0.3 is 23.7 Å². The van der Waals surface area contributed by atoms with Crippen molar-refractivity contribution in [1.29, 1.82) is 0 Å². The molecular formula is C19H24O6. The fourth-order valence-electron chi connectivity index (χ4n) is 4.65. The number of carbonyl (C=O) groups excluding carboxylic acids is 1. The Morgan fingerprint density at radius 1 is 1.16 bits per heavy atom. The summed E-state index contributed by atoms with van der Waals surface area (Å²) in [6.07, 6.45) is 1.39. The highest BCUT2D eigenvalue weighted by Crippen LogP contribution is 2.59. The lowest BCUT2D eigenvalue weighted by Crippen LogP contribution is -2.39. The van der Waals surface area contributed by atoms with E-state index < -0.39 is 5.60 Å². The van der Waals surface area contributed by atoms with Crippen molar-refractivity contribution in [1.82, 2.24) is 0 Å². The first kappa shape index (κ1) is 16.7. The highest BCUT2D eigenvalue weighted by atomic mass is 16.5. The van der Waals surface area contributed by atoms with Crippen molar-refractivity contribution in [2.75, 3.05) is 27.9 Å². The molecule has 2 fully saturated rings. The van der Waals surface area contributed by atoms with Crippen molar-refractivity contribution in [2.45, 2.75) is 44.0 Å². The molecule has 1 aromatic rings. The van der Waals surface area contributed by atoms with Crippen molar-refractivity contribution in [3.8, 4) is 17.2 Å². The zero-order valence-corrected chi connectivity index (χ0v) is 15.1. The number of rotatable bonds is 3. The second-order valence-corrected chi connectivity index (χ2v) is 6.98. The van der Waals surface area contributed by atoms with E-state index in [9.17, 15) is 4.79 Å². The first-order valence-corrected chi connectivity index (χ1v) is 8.71. The average molecular weight is 348 g/mol. The molecule has 1 spiro atoms. The third-order valence-electron chi connectivity index (χ3n) is 5.88. The van der Waals surface area contributed by atoms with Gasteiger partial charge in [0.25, 0.3) is 0 Å². The molecule has 2 bridgehead atoms. The van der Waals surface area contributed by atoms with Crippen LogP contribution in [0.2, 0.25) is 0 Å². The number of ketones is 1. The van der Waals surface area contributed by atoms with E-state index in [1.807, 2.05) is 13.0 Å². The monoisotopic (exact) mass is 348 g/mol. The minimum Gasteiger partial charge on any atom is -0.493 e. The van der Waals surface area contributed by atoms with Gasteiger partial charge >= 0.3 is 0 Å². The lowest BCUT2D eigenvalue weighted by molar-refractivity contribution is -0.150. The van der Waals surface area contributed by atoms with Gasteiger partial charge in [-0.2, -0.15) is 0 Å². The van der Waals surface area contributed by atoms with Crippen LogP contribution in [0, 0.1) is 5.92 Å². The SMILES string of the molecule is COc1cc2c(c(OC)c1OC)[C@]13CCC(=O)[C@H](CC1CO[C@@H]2C)O3. The average Bonchev–Trinajstić information content (AvgIpc) is 2.90. The number of Topliss-reactive ketones (excluding diaryl/α,β-unsaturated/α-hetero) is 1. The van der Waals surface area contributed by atoms with Crippen LogP contribution >= 0.6 is 0 Å². The zero-order chi connectivity index (χ0) is 17.8. The minimum atomic E-state index is -0.566. The summed E-state index contributed by atoms with van der Waals surface area (Å²) in [6, 6.07) is 1.95. The quantitative estimate of drug-likeness (QED) is 0.837. The van der Waals surface area contributed by atoms with E-state index in [4.69, 9.17) is 23.7 Å². The van der Waals surface area contributed by atoms with Gasteiger partial charge in [0.05, 0.1) is 34.0 Å². The van der Waals surface area contributed by atoms with Crippen molar-refractivity contribution >= 4 is 5.78 Å². The number of ether oxygens (including phenoxy) is 5. The first-order valence-electron chi connectivity index (χ1n) is 8.71. The predicted molar refractivity (Wildman–Crippen MR) is 89.4 cm³/mol. The Morgan fingerprint density at radius 3 is 2.60 bits per heavy atom. The Hall–Kier alpha value is -1.79. The summed E-state index contributed by atoms with van der Waals surface area (Å²) in [5.41, 5.74) is 1.37. The Bertz CT molecular complexity index is 714. The number of hydrogen-bond acceptors (Lipinski definition) is 6. The van der Waals surface area contributed by atoms with Gasteiger partial charge in [-0.1, -0.05) is 0 Å². The van der Waals surface area contributed by atoms with Crippen molar-refractivity contribution in [3.63, 3.8) is 0 Å². The van der Waals surface area contributed by atoms with E-state index in [0.717, 1.165) is 11.1 Å². The van der Waals surface area contributed by atoms with Crippen LogP contribution < -0.4 is 14.2 Å². The molecule has 3 aliphatic rings. The lowest BCUT2D eigenvalue weighted by atomic mass is 9.76. The van der Waals surface area contributed by atoms with E-state index in [2.05, 4.69) is 0 Å². The van der Waals surface area contributed by atoms with Crippen LogP contribution in [0.5, 0.6) is 17.2 Å². The summed E-state index contributed by atoms with van der Waals surface area (Å²) in [5, 5.41) is 0. The van der Waals surface area contributed by atoms with E-state index in [1.165, 1.54) is 0 Å². The Morgan fingerprint density at radius 2 is 1.92 bits per heavy atom. The van der Waals surface area contributed by atoms with Crippen LogP contribution in [0.25, 0.3) is 0 Å². The summed E-state index contributed by atoms with van der Waals surface area (Å²) in [5.74, 6) is 2.08. The van der Waals surface area contributed by atoms with Crippen molar-refractivity contribution in [3.05, 3.63) is 17.2 Å². The molecule has 6 nitrogen and oxygen atoms in total. The molecular weight excluding hydrogens is 324 g/mol. The molecule has 4 atom stereocenters.